The largest absolute Gasteiger partial charge is 0.351 e. The van der Waals surface area contributed by atoms with Gasteiger partial charge in [-0.15, -0.1) is 0 Å². The third kappa shape index (κ3) is 0.874. The summed E-state index contributed by atoms with van der Waals surface area (Å²) >= 11 is 0. The first-order chi connectivity index (χ1) is 4.45. The fourth-order valence-corrected chi connectivity index (χ4v) is 0.834. The van der Waals surface area contributed by atoms with Crippen LogP contribution in [0.4, 0.5) is 13.2 Å². The van der Waals surface area contributed by atoms with E-state index in [1.807, 2.05) is 0 Å². The van der Waals surface area contributed by atoms with Gasteiger partial charge < -0.3 is 5.32 Å². The van der Waals surface area contributed by atoms with Crippen LogP contribution in [0.25, 0.3) is 0 Å². The fraction of sp³-hybridized carbons (Fsp3) is 0.667. The second kappa shape index (κ2) is 1.90. The average Bonchev–Trinajstić information content (AvgIpc) is 1.95. The summed E-state index contributed by atoms with van der Waals surface area (Å²) in [6.45, 7) is 2.79. The molecule has 58 valence electrons. The monoisotopic (exact) mass is 151 g/mol. The Labute approximate surface area is 56.9 Å². The van der Waals surface area contributed by atoms with E-state index in [2.05, 4.69) is 5.32 Å². The van der Waals surface area contributed by atoms with Crippen LogP contribution in [0.5, 0.6) is 0 Å². The molecule has 10 heavy (non-hydrogen) atoms. The Morgan fingerprint density at radius 3 is 2.00 bits per heavy atom. The molecule has 0 bridgehead atoms. The van der Waals surface area contributed by atoms with Gasteiger partial charge in [0.05, 0.1) is 5.54 Å². The highest BCUT2D eigenvalue weighted by atomic mass is 19.2. The van der Waals surface area contributed by atoms with Gasteiger partial charge in [-0.2, -0.15) is 4.39 Å². The predicted molar refractivity (Wildman–Crippen MR) is 31.4 cm³/mol. The standard InChI is InChI=1S/C6H8F3N/c1-6(2)4(8)3(7)5(9)10-6/h4,10H,1-2H3. The van der Waals surface area contributed by atoms with Crippen molar-refractivity contribution in [2.45, 2.75) is 25.6 Å². The molecule has 0 aromatic carbocycles. The van der Waals surface area contributed by atoms with Crippen molar-refractivity contribution < 1.29 is 13.2 Å². The first-order valence-corrected chi connectivity index (χ1v) is 2.92. The average molecular weight is 151 g/mol. The minimum atomic E-state index is -1.87. The quantitative estimate of drug-likeness (QED) is 0.520. The Hall–Kier alpha value is -0.670. The Balaban J connectivity index is 2.87. The topological polar surface area (TPSA) is 12.0 Å². The van der Waals surface area contributed by atoms with Crippen molar-refractivity contribution in [3.8, 4) is 0 Å². The lowest BCUT2D eigenvalue weighted by atomic mass is 10.0. The highest BCUT2D eigenvalue weighted by molar-refractivity contribution is 5.20. The Morgan fingerprint density at radius 2 is 1.90 bits per heavy atom. The highest BCUT2D eigenvalue weighted by Crippen LogP contribution is 2.31. The summed E-state index contributed by atoms with van der Waals surface area (Å²) in [5.74, 6) is -2.51. The molecule has 1 unspecified atom stereocenters. The third-order valence-corrected chi connectivity index (χ3v) is 1.50. The molecule has 1 atom stereocenters. The van der Waals surface area contributed by atoms with Gasteiger partial charge in [0.2, 0.25) is 5.95 Å². The van der Waals surface area contributed by atoms with Crippen LogP contribution in [0.15, 0.2) is 11.8 Å². The van der Waals surface area contributed by atoms with E-state index in [0.29, 0.717) is 0 Å². The molecule has 1 N–H and O–H groups in total. The minimum absolute atomic E-state index is 1.14. The molecule has 1 aliphatic heterocycles. The lowest BCUT2D eigenvalue weighted by Gasteiger charge is -2.20. The molecule has 0 saturated heterocycles. The van der Waals surface area contributed by atoms with Crippen molar-refractivity contribution in [2.24, 2.45) is 0 Å². The first kappa shape index (κ1) is 7.44. The zero-order chi connectivity index (χ0) is 7.94. The van der Waals surface area contributed by atoms with Gasteiger partial charge in [-0.1, -0.05) is 0 Å². The molecule has 1 rings (SSSR count). The van der Waals surface area contributed by atoms with E-state index in [1.165, 1.54) is 13.8 Å². The van der Waals surface area contributed by atoms with Crippen LogP contribution in [0.2, 0.25) is 0 Å². The van der Waals surface area contributed by atoms with Crippen molar-refractivity contribution >= 4 is 0 Å². The molecule has 1 nitrogen and oxygen atoms in total. The van der Waals surface area contributed by atoms with Gasteiger partial charge in [-0.25, -0.2) is 8.78 Å². The molecule has 1 aliphatic rings. The molecule has 1 heterocycles. The zero-order valence-electron chi connectivity index (χ0n) is 5.71. The molecule has 0 amide bonds. The second-order valence-electron chi connectivity index (χ2n) is 2.87. The summed E-state index contributed by atoms with van der Waals surface area (Å²) in [6.07, 6.45) is -1.87. The van der Waals surface area contributed by atoms with Crippen molar-refractivity contribution in [3.63, 3.8) is 0 Å². The Bertz CT molecular complexity index is 185. The SMILES string of the molecule is CC1(C)NC(F)=C(F)C1F. The number of hydrogen-bond acceptors (Lipinski definition) is 1. The van der Waals surface area contributed by atoms with Crippen molar-refractivity contribution in [3.05, 3.63) is 11.8 Å². The minimum Gasteiger partial charge on any atom is -0.351 e. The molecule has 0 aromatic heterocycles. The number of halogens is 3. The van der Waals surface area contributed by atoms with E-state index < -0.39 is 23.5 Å². The van der Waals surface area contributed by atoms with E-state index in [0.717, 1.165) is 0 Å². The van der Waals surface area contributed by atoms with Gasteiger partial charge in [0.25, 0.3) is 0 Å². The van der Waals surface area contributed by atoms with E-state index in [9.17, 15) is 13.2 Å². The molecule has 0 radical (unpaired) electrons. The maximum atomic E-state index is 12.6. The van der Waals surface area contributed by atoms with Gasteiger partial charge in [-0.3, -0.25) is 0 Å². The zero-order valence-corrected chi connectivity index (χ0v) is 5.71. The lowest BCUT2D eigenvalue weighted by molar-refractivity contribution is 0.225. The number of rotatable bonds is 0. The van der Waals surface area contributed by atoms with Gasteiger partial charge in [0, 0.05) is 0 Å². The maximum absolute atomic E-state index is 12.6. The highest BCUT2D eigenvalue weighted by Gasteiger charge is 2.42. The summed E-state index contributed by atoms with van der Waals surface area (Å²) in [4.78, 5) is 0. The fourth-order valence-electron chi connectivity index (χ4n) is 0.834. The van der Waals surface area contributed by atoms with Crippen molar-refractivity contribution in [1.82, 2.24) is 5.32 Å². The van der Waals surface area contributed by atoms with Crippen molar-refractivity contribution in [2.75, 3.05) is 0 Å². The van der Waals surface area contributed by atoms with Crippen LogP contribution >= 0.6 is 0 Å². The van der Waals surface area contributed by atoms with Crippen LogP contribution < -0.4 is 5.32 Å². The summed E-state index contributed by atoms with van der Waals surface area (Å²) in [7, 11) is 0. The van der Waals surface area contributed by atoms with Gasteiger partial charge in [0.15, 0.2) is 12.0 Å². The third-order valence-electron chi connectivity index (χ3n) is 1.50. The normalized spacial score (nSPS) is 30.7. The van der Waals surface area contributed by atoms with E-state index in [1.54, 1.807) is 0 Å². The Morgan fingerprint density at radius 1 is 1.40 bits per heavy atom. The predicted octanol–water partition coefficient (Wildman–Crippen LogP) is 1.81. The molecule has 0 fully saturated rings. The molecular weight excluding hydrogens is 143 g/mol. The van der Waals surface area contributed by atoms with Gasteiger partial charge >= 0.3 is 0 Å². The summed E-state index contributed by atoms with van der Waals surface area (Å²) < 4.78 is 37.1. The molecule has 0 aliphatic carbocycles. The van der Waals surface area contributed by atoms with Crippen LogP contribution in [0, 0.1) is 0 Å². The van der Waals surface area contributed by atoms with E-state index in [4.69, 9.17) is 0 Å². The smallest absolute Gasteiger partial charge is 0.222 e. The van der Waals surface area contributed by atoms with E-state index >= 15 is 0 Å². The Kier molecular flexibility index (Phi) is 1.42. The number of alkyl halides is 1. The number of nitrogens with one attached hydrogen (secondary N) is 1. The molecule has 4 heteroatoms. The lowest BCUT2D eigenvalue weighted by Crippen LogP contribution is -2.40. The summed E-state index contributed by atoms with van der Waals surface area (Å²) in [5.41, 5.74) is -1.14. The molecule has 0 spiro atoms. The molecular formula is C6H8F3N. The maximum Gasteiger partial charge on any atom is 0.222 e. The summed E-state index contributed by atoms with van der Waals surface area (Å²) in [5, 5.41) is 2.06. The van der Waals surface area contributed by atoms with Crippen LogP contribution in [-0.4, -0.2) is 11.7 Å². The first-order valence-electron chi connectivity index (χ1n) is 2.92. The molecule has 0 saturated carbocycles. The van der Waals surface area contributed by atoms with Crippen molar-refractivity contribution in [1.29, 1.82) is 0 Å². The number of hydrogen-bond donors (Lipinski definition) is 1. The second-order valence-corrected chi connectivity index (χ2v) is 2.87. The van der Waals surface area contributed by atoms with Crippen LogP contribution in [-0.2, 0) is 0 Å². The van der Waals surface area contributed by atoms with Crippen LogP contribution in [0.3, 0.4) is 0 Å². The van der Waals surface area contributed by atoms with E-state index in [-0.39, 0.29) is 0 Å². The van der Waals surface area contributed by atoms with Gasteiger partial charge in [-0.05, 0) is 13.8 Å². The molecule has 0 aromatic rings. The van der Waals surface area contributed by atoms with Gasteiger partial charge in [0.1, 0.15) is 0 Å². The van der Waals surface area contributed by atoms with Crippen LogP contribution in [0.1, 0.15) is 13.8 Å². The summed E-state index contributed by atoms with van der Waals surface area (Å²) in [6, 6.07) is 0.